The maximum absolute atomic E-state index is 12.7. The summed E-state index contributed by atoms with van der Waals surface area (Å²) in [6, 6.07) is 9.55. The molecule has 7 heteroatoms. The Morgan fingerprint density at radius 3 is 2.46 bits per heavy atom. The minimum absolute atomic E-state index is 0.0797. The van der Waals surface area contributed by atoms with Crippen LogP contribution in [0.1, 0.15) is 18.4 Å². The first kappa shape index (κ1) is 18.2. The van der Waals surface area contributed by atoms with E-state index < -0.39 is 0 Å². The van der Waals surface area contributed by atoms with Crippen molar-refractivity contribution in [2.45, 2.75) is 19.4 Å². The van der Waals surface area contributed by atoms with E-state index >= 15 is 0 Å². The molecule has 3 amide bonds. The van der Waals surface area contributed by atoms with E-state index in [1.165, 1.54) is 0 Å². The van der Waals surface area contributed by atoms with Crippen LogP contribution in [0.2, 0.25) is 0 Å². The van der Waals surface area contributed by atoms with Crippen LogP contribution in [0.5, 0.6) is 0 Å². The molecule has 1 aromatic carbocycles. The zero-order chi connectivity index (χ0) is 18.4. The smallest absolute Gasteiger partial charge is 0.410 e. The second-order valence-electron chi connectivity index (χ2n) is 6.79. The molecule has 0 N–H and O–H groups in total. The lowest BCUT2D eigenvalue weighted by molar-refractivity contribution is -0.140. The van der Waals surface area contributed by atoms with Crippen LogP contribution < -0.4 is 0 Å². The van der Waals surface area contributed by atoms with E-state index in [1.807, 2.05) is 35.2 Å². The number of carbonyl (C=O) groups excluding carboxylic acids is 3. The normalized spacial score (nSPS) is 20.6. The molecule has 2 saturated heterocycles. The molecule has 7 nitrogen and oxygen atoms in total. The number of likely N-dealkylation sites (tertiary alicyclic amines) is 1. The number of piperidine rings is 1. The van der Waals surface area contributed by atoms with Crippen LogP contribution in [0.3, 0.4) is 0 Å². The van der Waals surface area contributed by atoms with Crippen molar-refractivity contribution in [3.05, 3.63) is 35.9 Å². The SMILES string of the molecule is O=CN1CCN(C(=O)C2CCCN(C(=O)OCc3ccccc3)C2)CC1. The van der Waals surface area contributed by atoms with Gasteiger partial charge in [-0.05, 0) is 18.4 Å². The molecule has 0 saturated carbocycles. The zero-order valence-electron chi connectivity index (χ0n) is 14.9. The Bertz CT molecular complexity index is 629. The van der Waals surface area contributed by atoms with E-state index in [0.717, 1.165) is 24.8 Å². The molecule has 2 fully saturated rings. The highest BCUT2D eigenvalue weighted by atomic mass is 16.6. The number of nitrogens with zero attached hydrogens (tertiary/aromatic N) is 3. The number of amides is 3. The van der Waals surface area contributed by atoms with Gasteiger partial charge in [-0.3, -0.25) is 9.59 Å². The number of benzene rings is 1. The van der Waals surface area contributed by atoms with Gasteiger partial charge in [0, 0.05) is 39.3 Å². The van der Waals surface area contributed by atoms with E-state index in [1.54, 1.807) is 9.80 Å². The standard InChI is InChI=1S/C19H25N3O4/c23-15-20-9-11-21(12-10-20)18(24)17-7-4-8-22(13-17)19(25)26-14-16-5-2-1-3-6-16/h1-3,5-6,15,17H,4,7-14H2. The predicted octanol–water partition coefficient (Wildman–Crippen LogP) is 1.34. The van der Waals surface area contributed by atoms with E-state index in [9.17, 15) is 14.4 Å². The molecule has 1 atom stereocenters. The molecule has 0 radical (unpaired) electrons. The molecule has 26 heavy (non-hydrogen) atoms. The molecule has 3 rings (SSSR count). The maximum atomic E-state index is 12.7. The second kappa shape index (κ2) is 8.69. The highest BCUT2D eigenvalue weighted by molar-refractivity contribution is 5.80. The van der Waals surface area contributed by atoms with Gasteiger partial charge >= 0.3 is 6.09 Å². The van der Waals surface area contributed by atoms with Crippen LogP contribution in [0, 0.1) is 5.92 Å². The Hall–Kier alpha value is -2.57. The Morgan fingerprint density at radius 2 is 1.77 bits per heavy atom. The summed E-state index contributed by atoms with van der Waals surface area (Å²) < 4.78 is 5.39. The summed E-state index contributed by atoms with van der Waals surface area (Å²) in [6.45, 7) is 3.54. The average Bonchev–Trinajstić information content (AvgIpc) is 2.72. The predicted molar refractivity (Wildman–Crippen MR) is 95.1 cm³/mol. The fourth-order valence-corrected chi connectivity index (χ4v) is 3.46. The molecular formula is C19H25N3O4. The van der Waals surface area contributed by atoms with Crippen LogP contribution in [0.25, 0.3) is 0 Å². The summed E-state index contributed by atoms with van der Waals surface area (Å²) in [5.74, 6) is -0.105. The summed E-state index contributed by atoms with van der Waals surface area (Å²) in [6.07, 6.45) is 2.05. The van der Waals surface area contributed by atoms with Gasteiger partial charge in [0.2, 0.25) is 12.3 Å². The van der Waals surface area contributed by atoms with Gasteiger partial charge in [-0.2, -0.15) is 0 Å². The van der Waals surface area contributed by atoms with Crippen molar-refractivity contribution in [2.24, 2.45) is 5.92 Å². The van der Waals surface area contributed by atoms with Crippen LogP contribution in [0.4, 0.5) is 4.79 Å². The Kier molecular flexibility index (Phi) is 6.09. The molecule has 0 aliphatic carbocycles. The summed E-state index contributed by atoms with van der Waals surface area (Å²) in [5.41, 5.74) is 0.943. The second-order valence-corrected chi connectivity index (χ2v) is 6.79. The highest BCUT2D eigenvalue weighted by Gasteiger charge is 2.32. The van der Waals surface area contributed by atoms with E-state index in [4.69, 9.17) is 4.74 Å². The molecule has 2 heterocycles. The van der Waals surface area contributed by atoms with Gasteiger partial charge in [0.1, 0.15) is 6.61 Å². The Balaban J connectivity index is 1.49. The van der Waals surface area contributed by atoms with Gasteiger partial charge < -0.3 is 19.4 Å². The number of hydrogen-bond acceptors (Lipinski definition) is 4. The quantitative estimate of drug-likeness (QED) is 0.761. The lowest BCUT2D eigenvalue weighted by Crippen LogP contribution is -2.52. The van der Waals surface area contributed by atoms with Crippen molar-refractivity contribution in [2.75, 3.05) is 39.3 Å². The number of hydrogen-bond donors (Lipinski definition) is 0. The number of piperazine rings is 1. The van der Waals surface area contributed by atoms with Gasteiger partial charge in [0.05, 0.1) is 5.92 Å². The average molecular weight is 359 g/mol. The lowest BCUT2D eigenvalue weighted by atomic mass is 9.96. The van der Waals surface area contributed by atoms with Crippen molar-refractivity contribution >= 4 is 18.4 Å². The molecular weight excluding hydrogens is 334 g/mol. The number of carbonyl (C=O) groups is 3. The lowest BCUT2D eigenvalue weighted by Gasteiger charge is -2.37. The summed E-state index contributed by atoms with van der Waals surface area (Å²) in [4.78, 5) is 41.0. The summed E-state index contributed by atoms with van der Waals surface area (Å²) in [5, 5.41) is 0. The van der Waals surface area contributed by atoms with Gasteiger partial charge in [-0.15, -0.1) is 0 Å². The first-order valence-corrected chi connectivity index (χ1v) is 9.11. The van der Waals surface area contributed by atoms with Gasteiger partial charge in [-0.1, -0.05) is 30.3 Å². The third-order valence-electron chi connectivity index (χ3n) is 5.01. The van der Waals surface area contributed by atoms with Crippen LogP contribution in [-0.2, 0) is 20.9 Å². The molecule has 0 spiro atoms. The van der Waals surface area contributed by atoms with E-state index in [0.29, 0.717) is 39.3 Å². The van der Waals surface area contributed by atoms with Crippen LogP contribution in [-0.4, -0.2) is 72.4 Å². The van der Waals surface area contributed by atoms with Crippen molar-refractivity contribution in [3.8, 4) is 0 Å². The fraction of sp³-hybridized carbons (Fsp3) is 0.526. The number of ether oxygens (including phenoxy) is 1. The van der Waals surface area contributed by atoms with Gasteiger partial charge in [0.15, 0.2) is 0 Å². The van der Waals surface area contributed by atoms with E-state index in [2.05, 4.69) is 0 Å². The van der Waals surface area contributed by atoms with Crippen molar-refractivity contribution in [1.29, 1.82) is 0 Å². The molecule has 2 aliphatic rings. The Labute approximate surface area is 153 Å². The fourth-order valence-electron chi connectivity index (χ4n) is 3.46. The zero-order valence-corrected chi connectivity index (χ0v) is 14.9. The topological polar surface area (TPSA) is 70.2 Å². The molecule has 0 aromatic heterocycles. The van der Waals surface area contributed by atoms with E-state index in [-0.39, 0.29) is 24.5 Å². The molecule has 2 aliphatic heterocycles. The van der Waals surface area contributed by atoms with Gasteiger partial charge in [-0.25, -0.2) is 4.79 Å². The third-order valence-corrected chi connectivity index (χ3v) is 5.01. The summed E-state index contributed by atoms with van der Waals surface area (Å²) in [7, 11) is 0. The van der Waals surface area contributed by atoms with Crippen LogP contribution in [0.15, 0.2) is 30.3 Å². The largest absolute Gasteiger partial charge is 0.445 e. The first-order chi connectivity index (χ1) is 12.7. The van der Waals surface area contributed by atoms with Gasteiger partial charge in [0.25, 0.3) is 0 Å². The van der Waals surface area contributed by atoms with Crippen molar-refractivity contribution in [3.63, 3.8) is 0 Å². The minimum atomic E-state index is -0.364. The van der Waals surface area contributed by atoms with Crippen LogP contribution >= 0.6 is 0 Å². The minimum Gasteiger partial charge on any atom is -0.445 e. The molecule has 1 unspecified atom stereocenters. The first-order valence-electron chi connectivity index (χ1n) is 9.11. The molecule has 0 bridgehead atoms. The monoisotopic (exact) mass is 359 g/mol. The third kappa shape index (κ3) is 4.53. The number of rotatable bonds is 4. The highest BCUT2D eigenvalue weighted by Crippen LogP contribution is 2.20. The van der Waals surface area contributed by atoms with Crippen molar-refractivity contribution in [1.82, 2.24) is 14.7 Å². The molecule has 1 aromatic rings. The maximum Gasteiger partial charge on any atom is 0.410 e. The van der Waals surface area contributed by atoms with Crippen molar-refractivity contribution < 1.29 is 19.1 Å². The Morgan fingerprint density at radius 1 is 1.04 bits per heavy atom. The summed E-state index contributed by atoms with van der Waals surface area (Å²) >= 11 is 0. The molecule has 140 valence electrons.